The standard InChI is InChI=1S/C18H18O4/c1-3-13(2)17(19)21-15-10-7-11-16(12-15)22-18(20)14-8-5-4-6-9-14/h4-13H,3H2,1-2H3. The Kier molecular flexibility index (Phi) is 5.31. The Morgan fingerprint density at radius 1 is 0.955 bits per heavy atom. The summed E-state index contributed by atoms with van der Waals surface area (Å²) in [7, 11) is 0. The Morgan fingerprint density at radius 2 is 1.59 bits per heavy atom. The Morgan fingerprint density at radius 3 is 2.23 bits per heavy atom. The SMILES string of the molecule is CCC(C)C(=O)Oc1cccc(OC(=O)c2ccccc2)c1. The van der Waals surface area contributed by atoms with Crippen LogP contribution in [0.5, 0.6) is 11.5 Å². The summed E-state index contributed by atoms with van der Waals surface area (Å²) in [4.78, 5) is 23.7. The monoisotopic (exact) mass is 298 g/mol. The molecule has 0 saturated carbocycles. The predicted octanol–water partition coefficient (Wildman–Crippen LogP) is 3.86. The van der Waals surface area contributed by atoms with Gasteiger partial charge in [-0.25, -0.2) is 4.79 Å². The van der Waals surface area contributed by atoms with Crippen LogP contribution in [-0.2, 0) is 4.79 Å². The van der Waals surface area contributed by atoms with Crippen molar-refractivity contribution < 1.29 is 19.1 Å². The van der Waals surface area contributed by atoms with Gasteiger partial charge in [-0.15, -0.1) is 0 Å². The first kappa shape index (κ1) is 15.8. The molecule has 2 aromatic carbocycles. The Hall–Kier alpha value is -2.62. The summed E-state index contributed by atoms with van der Waals surface area (Å²) in [5.41, 5.74) is 0.463. The summed E-state index contributed by atoms with van der Waals surface area (Å²) in [6.07, 6.45) is 0.710. The molecule has 0 amide bonds. The lowest BCUT2D eigenvalue weighted by Gasteiger charge is -2.10. The fourth-order valence-electron chi connectivity index (χ4n) is 1.72. The smallest absolute Gasteiger partial charge is 0.343 e. The first-order valence-electron chi connectivity index (χ1n) is 7.19. The fourth-order valence-corrected chi connectivity index (χ4v) is 1.72. The van der Waals surface area contributed by atoms with Crippen LogP contribution in [0.1, 0.15) is 30.6 Å². The number of hydrogen-bond donors (Lipinski definition) is 0. The minimum absolute atomic E-state index is 0.171. The average Bonchev–Trinajstić information content (AvgIpc) is 2.55. The van der Waals surface area contributed by atoms with Crippen molar-refractivity contribution in [2.45, 2.75) is 20.3 Å². The van der Waals surface area contributed by atoms with E-state index in [4.69, 9.17) is 9.47 Å². The third-order valence-corrected chi connectivity index (χ3v) is 3.26. The van der Waals surface area contributed by atoms with Crippen molar-refractivity contribution in [1.82, 2.24) is 0 Å². The molecule has 0 saturated heterocycles. The minimum atomic E-state index is -0.453. The van der Waals surface area contributed by atoms with E-state index in [-0.39, 0.29) is 11.9 Å². The Balaban J connectivity index is 2.06. The number of benzene rings is 2. The van der Waals surface area contributed by atoms with Crippen molar-refractivity contribution in [3.8, 4) is 11.5 Å². The first-order chi connectivity index (χ1) is 10.6. The molecule has 22 heavy (non-hydrogen) atoms. The van der Waals surface area contributed by atoms with Crippen molar-refractivity contribution >= 4 is 11.9 Å². The van der Waals surface area contributed by atoms with Crippen LogP contribution < -0.4 is 9.47 Å². The number of ether oxygens (including phenoxy) is 2. The van der Waals surface area contributed by atoms with E-state index in [9.17, 15) is 9.59 Å². The second-order valence-corrected chi connectivity index (χ2v) is 4.96. The molecule has 0 aliphatic rings. The van der Waals surface area contributed by atoms with E-state index in [1.165, 1.54) is 6.07 Å². The predicted molar refractivity (Wildman–Crippen MR) is 82.9 cm³/mol. The fraction of sp³-hybridized carbons (Fsp3) is 0.222. The van der Waals surface area contributed by atoms with Gasteiger partial charge >= 0.3 is 11.9 Å². The highest BCUT2D eigenvalue weighted by Crippen LogP contribution is 2.21. The molecule has 0 heterocycles. The molecule has 4 heteroatoms. The number of rotatable bonds is 5. The average molecular weight is 298 g/mol. The Bertz CT molecular complexity index is 649. The van der Waals surface area contributed by atoms with E-state index < -0.39 is 5.97 Å². The second kappa shape index (κ2) is 7.41. The molecule has 0 bridgehead atoms. The van der Waals surface area contributed by atoms with Gasteiger partial charge in [0.25, 0.3) is 0 Å². The van der Waals surface area contributed by atoms with E-state index >= 15 is 0 Å². The zero-order valence-corrected chi connectivity index (χ0v) is 12.6. The van der Waals surface area contributed by atoms with Crippen LogP contribution in [0.2, 0.25) is 0 Å². The van der Waals surface area contributed by atoms with Gasteiger partial charge in [-0.1, -0.05) is 38.1 Å². The maximum atomic E-state index is 12.0. The molecule has 0 aliphatic carbocycles. The summed E-state index contributed by atoms with van der Waals surface area (Å²) in [6.45, 7) is 3.73. The van der Waals surface area contributed by atoms with Crippen LogP contribution in [-0.4, -0.2) is 11.9 Å². The number of esters is 2. The van der Waals surface area contributed by atoms with Crippen LogP contribution in [0.3, 0.4) is 0 Å². The van der Waals surface area contributed by atoms with E-state index in [0.717, 1.165) is 0 Å². The lowest BCUT2D eigenvalue weighted by molar-refractivity contribution is -0.138. The number of hydrogen-bond acceptors (Lipinski definition) is 4. The zero-order chi connectivity index (χ0) is 15.9. The van der Waals surface area contributed by atoms with Crippen molar-refractivity contribution in [1.29, 1.82) is 0 Å². The van der Waals surface area contributed by atoms with Crippen LogP contribution in [0, 0.1) is 5.92 Å². The number of carbonyl (C=O) groups excluding carboxylic acids is 2. The van der Waals surface area contributed by atoms with Crippen LogP contribution in [0.15, 0.2) is 54.6 Å². The lowest BCUT2D eigenvalue weighted by atomic mass is 10.1. The number of carbonyl (C=O) groups is 2. The molecule has 0 N–H and O–H groups in total. The third kappa shape index (κ3) is 4.19. The highest BCUT2D eigenvalue weighted by atomic mass is 16.5. The molecule has 0 aliphatic heterocycles. The van der Waals surface area contributed by atoms with Gasteiger partial charge in [0.1, 0.15) is 11.5 Å². The van der Waals surface area contributed by atoms with Gasteiger partial charge in [-0.05, 0) is 30.7 Å². The van der Waals surface area contributed by atoms with E-state index in [0.29, 0.717) is 23.5 Å². The zero-order valence-electron chi connectivity index (χ0n) is 12.6. The third-order valence-electron chi connectivity index (χ3n) is 3.26. The molecule has 0 spiro atoms. The largest absolute Gasteiger partial charge is 0.426 e. The summed E-state index contributed by atoms with van der Waals surface area (Å²) < 4.78 is 10.5. The van der Waals surface area contributed by atoms with Gasteiger partial charge in [0, 0.05) is 6.07 Å². The molecular weight excluding hydrogens is 280 g/mol. The van der Waals surface area contributed by atoms with Gasteiger partial charge < -0.3 is 9.47 Å². The molecule has 0 fully saturated rings. The molecule has 4 nitrogen and oxygen atoms in total. The molecule has 2 aromatic rings. The molecule has 2 rings (SSSR count). The summed E-state index contributed by atoms with van der Waals surface area (Å²) >= 11 is 0. The van der Waals surface area contributed by atoms with Gasteiger partial charge in [-0.3, -0.25) is 4.79 Å². The summed E-state index contributed by atoms with van der Waals surface area (Å²) in [5.74, 6) is -0.220. The maximum absolute atomic E-state index is 12.0. The first-order valence-corrected chi connectivity index (χ1v) is 7.19. The van der Waals surface area contributed by atoms with E-state index in [2.05, 4.69) is 0 Å². The summed E-state index contributed by atoms with van der Waals surface area (Å²) in [6, 6.07) is 15.2. The van der Waals surface area contributed by atoms with Gasteiger partial charge in [0.15, 0.2) is 0 Å². The normalized spacial score (nSPS) is 11.5. The molecule has 1 unspecified atom stereocenters. The van der Waals surface area contributed by atoms with Crippen molar-refractivity contribution in [3.05, 3.63) is 60.2 Å². The molecular formula is C18H18O4. The van der Waals surface area contributed by atoms with Crippen molar-refractivity contribution in [3.63, 3.8) is 0 Å². The Labute approximate surface area is 129 Å². The van der Waals surface area contributed by atoms with Crippen LogP contribution in [0.25, 0.3) is 0 Å². The highest BCUT2D eigenvalue weighted by molar-refractivity contribution is 5.91. The quantitative estimate of drug-likeness (QED) is 0.621. The van der Waals surface area contributed by atoms with Gasteiger partial charge in [-0.2, -0.15) is 0 Å². The molecule has 0 radical (unpaired) electrons. The van der Waals surface area contributed by atoms with Crippen LogP contribution >= 0.6 is 0 Å². The molecule has 0 aromatic heterocycles. The molecule has 114 valence electrons. The minimum Gasteiger partial charge on any atom is -0.426 e. The topological polar surface area (TPSA) is 52.6 Å². The van der Waals surface area contributed by atoms with Crippen LogP contribution in [0.4, 0.5) is 0 Å². The van der Waals surface area contributed by atoms with E-state index in [1.807, 2.05) is 19.9 Å². The van der Waals surface area contributed by atoms with Gasteiger partial charge in [0.05, 0.1) is 11.5 Å². The highest BCUT2D eigenvalue weighted by Gasteiger charge is 2.14. The van der Waals surface area contributed by atoms with Gasteiger partial charge in [0.2, 0.25) is 0 Å². The van der Waals surface area contributed by atoms with E-state index in [1.54, 1.807) is 42.5 Å². The maximum Gasteiger partial charge on any atom is 0.343 e. The summed E-state index contributed by atoms with van der Waals surface area (Å²) in [5, 5.41) is 0. The molecule has 1 atom stereocenters. The van der Waals surface area contributed by atoms with Crippen molar-refractivity contribution in [2.75, 3.05) is 0 Å². The lowest BCUT2D eigenvalue weighted by Crippen LogP contribution is -2.17. The van der Waals surface area contributed by atoms with Crippen molar-refractivity contribution in [2.24, 2.45) is 5.92 Å². The second-order valence-electron chi connectivity index (χ2n) is 4.96.